The van der Waals surface area contributed by atoms with Gasteiger partial charge in [0.05, 0.1) is 24.9 Å². The topological polar surface area (TPSA) is 152 Å². The van der Waals surface area contributed by atoms with E-state index in [0.29, 0.717) is 67.9 Å². The summed E-state index contributed by atoms with van der Waals surface area (Å²) in [7, 11) is 6.67. The van der Waals surface area contributed by atoms with Gasteiger partial charge in [0.2, 0.25) is 11.4 Å². The van der Waals surface area contributed by atoms with Crippen LogP contribution >= 0.6 is 47.3 Å². The number of rotatable bonds is 6. The number of aldehydes is 2. The van der Waals surface area contributed by atoms with Crippen molar-refractivity contribution in [1.29, 1.82) is 0 Å². The molecule has 26 heteroatoms. The van der Waals surface area contributed by atoms with Gasteiger partial charge in [-0.25, -0.2) is 19.1 Å². The second-order valence-electron chi connectivity index (χ2n) is 15.0. The molecule has 0 spiro atoms. The van der Waals surface area contributed by atoms with Crippen molar-refractivity contribution in [2.24, 2.45) is 20.4 Å². The first-order chi connectivity index (χ1) is 34.3. The Kier molecular flexibility index (Phi) is 18.1. The number of hydrazone groups is 4. The molecule has 0 aromatic heterocycles. The van der Waals surface area contributed by atoms with E-state index in [2.05, 4.69) is 20.4 Å². The number of halogens is 2. The SMILES string of the molecule is CN1N=Cc2ccc(cc2)OP(=S)(Oc2ccc(C=O)cc2)Oc2ccc(cc2)C=NN(C)P(=S)(Cl)N(C)N=Cc2ccc(cc2)OP(=S)(Oc2ccc(C=O)cc2)Oc2ccc(cc2)C=NN(C)P1(=S)Cl. The predicted molar refractivity (Wildman–Crippen MR) is 303 cm³/mol. The Hall–Kier alpha value is -5.48. The van der Waals surface area contributed by atoms with Crippen molar-refractivity contribution in [2.45, 2.75) is 0 Å². The standard InChI is InChI=1S/C46H42Cl2N8O8P4S4/c1-53-49-29-35-5-17-41(18-6-35)59-67(71,63-45-25-13-39(33-57)14-26-45)61-43-21-9-37(10-22-43)31-51-55(3)66(48,70)56(4)52-32-38-11-23-44(24-12-38)62-68(72,64-46-27-15-40(34-58)16-28-46)60-42-19-7-36(8-20-42)30-50-54(2)65(53,47)69/h5-34H,1-4H3. The van der Waals surface area contributed by atoms with Crippen LogP contribution in [0.2, 0.25) is 0 Å². The van der Waals surface area contributed by atoms with Crippen LogP contribution in [0.25, 0.3) is 0 Å². The van der Waals surface area contributed by atoms with Gasteiger partial charge in [-0.3, -0.25) is 9.59 Å². The first-order valence-corrected chi connectivity index (χ1v) is 33.3. The second kappa shape index (κ2) is 24.0. The summed E-state index contributed by atoms with van der Waals surface area (Å²) in [6.07, 6.45) is 7.84. The molecule has 7 aliphatic heterocycles. The fourth-order valence-corrected chi connectivity index (χ4v) is 12.3. The van der Waals surface area contributed by atoms with Gasteiger partial charge in [-0.15, -0.1) is 0 Å². The molecule has 0 amide bonds. The molecule has 6 aromatic carbocycles. The smallest absolute Gasteiger partial charge is 0.407 e. The molecule has 0 radical (unpaired) electrons. The normalized spacial score (nSPS) is 21.9. The van der Waals surface area contributed by atoms with Gasteiger partial charge in [-0.1, -0.05) is 0 Å². The molecule has 0 aliphatic carbocycles. The highest BCUT2D eigenvalue weighted by molar-refractivity contribution is 8.25. The molecule has 16 nitrogen and oxygen atoms in total. The van der Waals surface area contributed by atoms with E-state index in [4.69, 9.17) is 96.9 Å². The van der Waals surface area contributed by atoms with Crippen molar-refractivity contribution in [3.05, 3.63) is 179 Å². The van der Waals surface area contributed by atoms with E-state index in [0.717, 1.165) is 12.6 Å². The molecule has 0 saturated carbocycles. The first-order valence-electron chi connectivity index (χ1n) is 20.9. The van der Waals surface area contributed by atoms with Gasteiger partial charge in [0, 0.05) is 62.9 Å². The number of carbonyl (C=O) groups excluding carboxylic acids is 2. The van der Waals surface area contributed by atoms with Gasteiger partial charge in [0.1, 0.15) is 47.1 Å². The Labute approximate surface area is 446 Å². The van der Waals surface area contributed by atoms with E-state index in [-0.39, 0.29) is 0 Å². The number of carbonyl (C=O) groups is 2. The third-order valence-corrected chi connectivity index (χ3v) is 22.5. The van der Waals surface area contributed by atoms with Gasteiger partial charge in [0.25, 0.3) is 0 Å². The van der Waals surface area contributed by atoms with E-state index < -0.39 is 24.8 Å². The number of benzene rings is 6. The zero-order chi connectivity index (χ0) is 51.5. The minimum Gasteiger partial charge on any atom is -0.407 e. The van der Waals surface area contributed by atoms with Gasteiger partial charge in [-0.2, -0.15) is 20.4 Å². The lowest BCUT2D eigenvalue weighted by molar-refractivity contribution is 0.111. The van der Waals surface area contributed by atoms with Crippen LogP contribution in [0.4, 0.5) is 0 Å². The number of hydrogen-bond acceptors (Lipinski definition) is 16. The lowest BCUT2D eigenvalue weighted by Crippen LogP contribution is -2.16. The van der Waals surface area contributed by atoms with E-state index in [1.54, 1.807) is 199 Å². The molecule has 7 aliphatic rings. The highest BCUT2D eigenvalue weighted by Crippen LogP contribution is 2.58. The zero-order valence-corrected chi connectivity index (χ0v) is 46.7. The van der Waals surface area contributed by atoms with Gasteiger partial charge in [0.15, 0.2) is 0 Å². The average Bonchev–Trinajstić information content (AvgIpc) is 3.37. The Balaban J connectivity index is 1.18. The first kappa shape index (κ1) is 54.3. The zero-order valence-electron chi connectivity index (χ0n) is 38.3. The Morgan fingerprint density at radius 3 is 0.833 bits per heavy atom. The van der Waals surface area contributed by atoms with E-state index >= 15 is 0 Å². The maximum Gasteiger partial charge on any atom is 0.490 e. The Bertz CT molecular complexity index is 2840. The molecule has 0 N–H and O–H groups in total. The molecule has 0 fully saturated rings. The second-order valence-corrected chi connectivity index (χ2v) is 31.8. The third kappa shape index (κ3) is 14.8. The highest BCUT2D eigenvalue weighted by Gasteiger charge is 2.29. The maximum atomic E-state index is 11.3. The summed E-state index contributed by atoms with van der Waals surface area (Å²) in [6.45, 7) is -7.22. The third-order valence-electron chi connectivity index (χ3n) is 9.78. The van der Waals surface area contributed by atoms with E-state index in [1.807, 2.05) is 0 Å². The Morgan fingerprint density at radius 1 is 0.403 bits per heavy atom. The van der Waals surface area contributed by atoms with Crippen LogP contribution in [0.15, 0.2) is 166 Å². The van der Waals surface area contributed by atoms with Crippen LogP contribution in [0.5, 0.6) is 34.5 Å². The van der Waals surface area contributed by atoms with Crippen molar-refractivity contribution < 1.29 is 36.7 Å². The average molecular weight is 1160 g/mol. The maximum absolute atomic E-state index is 11.3. The van der Waals surface area contributed by atoms with Crippen molar-refractivity contribution in [1.82, 2.24) is 19.1 Å². The van der Waals surface area contributed by atoms with Crippen LogP contribution in [0.3, 0.4) is 0 Å². The molecule has 7 heterocycles. The predicted octanol–water partition coefficient (Wildman–Crippen LogP) is 12.5. The van der Waals surface area contributed by atoms with Crippen LogP contribution in [-0.4, -0.2) is 84.7 Å². The fraction of sp³-hybridized carbons (Fsp3) is 0.0870. The quantitative estimate of drug-likeness (QED) is 0.115. The van der Waals surface area contributed by atoms with Gasteiger partial charge in [-0.05, 0) is 214 Å². The monoisotopic (exact) mass is 1160 g/mol. The van der Waals surface area contributed by atoms with Crippen LogP contribution in [0, 0.1) is 0 Å². The van der Waals surface area contributed by atoms with E-state index in [9.17, 15) is 9.59 Å². The molecule has 0 unspecified atom stereocenters. The van der Waals surface area contributed by atoms with Crippen LogP contribution in [0.1, 0.15) is 43.0 Å². The summed E-state index contributed by atoms with van der Waals surface area (Å²) >= 11 is 37.4. The fourth-order valence-electron chi connectivity index (χ4n) is 5.79. The summed E-state index contributed by atoms with van der Waals surface area (Å²) in [6, 6.07) is 40.5. The van der Waals surface area contributed by atoms with Crippen molar-refractivity contribution in [3.8, 4) is 34.5 Å². The molecule has 13 rings (SSSR count). The number of nitrogens with zero attached hydrogens (tertiary/aromatic N) is 8. The van der Waals surface area contributed by atoms with Gasteiger partial charge < -0.3 is 27.1 Å². The summed E-state index contributed by atoms with van der Waals surface area (Å²) < 4.78 is 43.4. The molecule has 6 aromatic rings. The lowest BCUT2D eigenvalue weighted by atomic mass is 10.2. The summed E-state index contributed by atoms with van der Waals surface area (Å²) in [5.74, 6) is 2.12. The van der Waals surface area contributed by atoms with Crippen molar-refractivity contribution in [3.63, 3.8) is 0 Å². The molecular weight excluding hydrogens is 1120 g/mol. The van der Waals surface area contributed by atoms with Crippen LogP contribution < -0.4 is 27.1 Å². The molecule has 8 bridgehead atoms. The molecule has 72 heavy (non-hydrogen) atoms. The number of hydrogen-bond donors (Lipinski definition) is 0. The lowest BCUT2D eigenvalue weighted by Gasteiger charge is -2.29. The van der Waals surface area contributed by atoms with Gasteiger partial charge >= 0.3 is 13.4 Å². The summed E-state index contributed by atoms with van der Waals surface area (Å²) in [5, 5.41) is 18.1. The molecule has 0 atom stereocenters. The minimum atomic E-state index is -3.61. The van der Waals surface area contributed by atoms with Crippen LogP contribution in [-0.2, 0) is 47.2 Å². The largest absolute Gasteiger partial charge is 0.490 e. The van der Waals surface area contributed by atoms with E-state index in [1.165, 1.54) is 19.1 Å². The van der Waals surface area contributed by atoms with Crippen molar-refractivity contribution >= 4 is 132 Å². The molecular formula is C46H42Cl2N8O8P4S4. The minimum absolute atomic E-state index is 0.340. The summed E-state index contributed by atoms with van der Waals surface area (Å²) in [4.78, 5) is 22.6. The highest BCUT2D eigenvalue weighted by atomic mass is 35.7. The summed E-state index contributed by atoms with van der Waals surface area (Å²) in [5.41, 5.74) is -2.34. The molecule has 0 saturated heterocycles. The van der Waals surface area contributed by atoms with Crippen molar-refractivity contribution in [2.75, 3.05) is 28.2 Å². The molecule has 372 valence electrons. The Morgan fingerprint density at radius 2 is 0.625 bits per heavy atom.